The number of ether oxygens (including phenoxy) is 3. The van der Waals surface area contributed by atoms with Crippen LogP contribution in [0.1, 0.15) is 28.4 Å². The summed E-state index contributed by atoms with van der Waals surface area (Å²) >= 11 is 3.42. The molecule has 9 heteroatoms. The first kappa shape index (κ1) is 27.5. The van der Waals surface area contributed by atoms with E-state index in [-0.39, 0.29) is 12.5 Å². The molecule has 0 spiro atoms. The van der Waals surface area contributed by atoms with Crippen molar-refractivity contribution in [2.45, 2.75) is 13.8 Å². The minimum atomic E-state index is -0.428. The van der Waals surface area contributed by atoms with Crippen LogP contribution in [0.4, 0.5) is 5.69 Å². The van der Waals surface area contributed by atoms with Crippen molar-refractivity contribution in [3.8, 4) is 17.2 Å². The van der Waals surface area contributed by atoms with E-state index >= 15 is 0 Å². The van der Waals surface area contributed by atoms with Gasteiger partial charge in [-0.05, 0) is 62.4 Å². The highest BCUT2D eigenvalue weighted by Gasteiger charge is 2.12. The van der Waals surface area contributed by atoms with E-state index in [1.807, 2.05) is 38.1 Å². The monoisotopic (exact) mass is 565 g/mol. The van der Waals surface area contributed by atoms with Crippen molar-refractivity contribution in [3.63, 3.8) is 0 Å². The van der Waals surface area contributed by atoms with E-state index < -0.39 is 5.91 Å². The fourth-order valence-corrected chi connectivity index (χ4v) is 3.52. The lowest BCUT2D eigenvalue weighted by Gasteiger charge is -2.12. The molecule has 0 saturated carbocycles. The molecule has 0 aliphatic carbocycles. The van der Waals surface area contributed by atoms with E-state index in [0.29, 0.717) is 47.3 Å². The average Bonchev–Trinajstić information content (AvgIpc) is 2.89. The molecule has 0 aromatic heterocycles. The third kappa shape index (κ3) is 8.50. The van der Waals surface area contributed by atoms with E-state index in [1.54, 1.807) is 42.5 Å². The van der Waals surface area contributed by atoms with Crippen molar-refractivity contribution >= 4 is 39.6 Å². The summed E-state index contributed by atoms with van der Waals surface area (Å²) in [6, 6.07) is 17.6. The predicted octanol–water partition coefficient (Wildman–Crippen LogP) is 5.50. The first-order chi connectivity index (χ1) is 17.9. The molecule has 0 unspecified atom stereocenters. The van der Waals surface area contributed by atoms with Crippen LogP contribution >= 0.6 is 15.9 Å². The highest BCUT2D eigenvalue weighted by Crippen LogP contribution is 2.28. The van der Waals surface area contributed by atoms with Gasteiger partial charge in [0.05, 0.1) is 12.8 Å². The quantitative estimate of drug-likeness (QED) is 0.171. The minimum absolute atomic E-state index is 0.191. The number of aryl methyl sites for hydroxylation is 1. The molecule has 0 aliphatic rings. The van der Waals surface area contributed by atoms with Crippen molar-refractivity contribution < 1.29 is 23.8 Å². The molecular formula is C28H28BrN3O5. The second kappa shape index (κ2) is 13.8. The number of hydrogen-bond acceptors (Lipinski definition) is 6. The highest BCUT2D eigenvalue weighted by molar-refractivity contribution is 9.10. The number of hydrazone groups is 1. The van der Waals surface area contributed by atoms with Crippen LogP contribution in [-0.2, 0) is 4.79 Å². The average molecular weight is 566 g/mol. The molecule has 0 atom stereocenters. The van der Waals surface area contributed by atoms with Crippen molar-refractivity contribution in [2.24, 2.45) is 5.10 Å². The molecule has 3 aromatic carbocycles. The zero-order valence-corrected chi connectivity index (χ0v) is 22.2. The number of anilines is 1. The van der Waals surface area contributed by atoms with Crippen LogP contribution in [0, 0.1) is 6.92 Å². The Balaban J connectivity index is 1.64. The van der Waals surface area contributed by atoms with E-state index in [9.17, 15) is 9.59 Å². The van der Waals surface area contributed by atoms with Crippen molar-refractivity contribution in [3.05, 3.63) is 94.5 Å². The molecule has 0 heterocycles. The number of nitrogens with zero attached hydrogens (tertiary/aromatic N) is 1. The molecule has 0 aliphatic heterocycles. The number of benzene rings is 3. The topological polar surface area (TPSA) is 98.3 Å². The summed E-state index contributed by atoms with van der Waals surface area (Å²) in [7, 11) is 0. The molecule has 2 amide bonds. The molecule has 0 radical (unpaired) electrons. The molecule has 8 nitrogen and oxygen atoms in total. The fraction of sp³-hybridized carbons (Fsp3) is 0.179. The molecule has 2 N–H and O–H groups in total. The standard InChI is InChI=1S/C28H28BrN3O5/c1-4-14-36-25-12-8-20(16-26(25)35-5-2)28(34)32-30-17-21-15-22(29)9-13-24(21)37-18-27(33)31-23-10-6-19(3)7-11-23/h4,6-13,15-17H,1,5,14,18H2,2-3H3,(H,31,33)(H,32,34)/b30-17+. The minimum Gasteiger partial charge on any atom is -0.490 e. The summed E-state index contributed by atoms with van der Waals surface area (Å²) in [5, 5.41) is 6.85. The van der Waals surface area contributed by atoms with Crippen LogP contribution in [-0.4, -0.2) is 37.8 Å². The smallest absolute Gasteiger partial charge is 0.271 e. The van der Waals surface area contributed by atoms with Crippen LogP contribution in [0.2, 0.25) is 0 Å². The van der Waals surface area contributed by atoms with Crippen LogP contribution in [0.3, 0.4) is 0 Å². The van der Waals surface area contributed by atoms with Gasteiger partial charge < -0.3 is 19.5 Å². The van der Waals surface area contributed by atoms with Gasteiger partial charge in [0.15, 0.2) is 18.1 Å². The van der Waals surface area contributed by atoms with Gasteiger partial charge in [-0.25, -0.2) is 5.43 Å². The van der Waals surface area contributed by atoms with Crippen molar-refractivity contribution in [1.82, 2.24) is 5.43 Å². The SMILES string of the molecule is C=CCOc1ccc(C(=O)N/N=C/c2cc(Br)ccc2OCC(=O)Nc2ccc(C)cc2)cc1OCC. The maximum Gasteiger partial charge on any atom is 0.271 e. The van der Waals surface area contributed by atoms with Gasteiger partial charge in [0.2, 0.25) is 0 Å². The Morgan fingerprint density at radius 2 is 1.73 bits per heavy atom. The maximum absolute atomic E-state index is 12.6. The number of hydrogen-bond donors (Lipinski definition) is 2. The Bertz CT molecular complexity index is 1280. The lowest BCUT2D eigenvalue weighted by Crippen LogP contribution is -2.20. The van der Waals surface area contributed by atoms with Crippen LogP contribution in [0.15, 0.2) is 82.9 Å². The van der Waals surface area contributed by atoms with Crippen LogP contribution < -0.4 is 25.0 Å². The highest BCUT2D eigenvalue weighted by atomic mass is 79.9. The van der Waals surface area contributed by atoms with Crippen LogP contribution in [0.25, 0.3) is 0 Å². The second-order valence-electron chi connectivity index (χ2n) is 7.78. The largest absolute Gasteiger partial charge is 0.490 e. The van der Waals surface area contributed by atoms with Gasteiger partial charge in [-0.3, -0.25) is 9.59 Å². The Morgan fingerprint density at radius 1 is 0.973 bits per heavy atom. The summed E-state index contributed by atoms with van der Waals surface area (Å²) < 4.78 is 17.6. The number of carbonyl (C=O) groups is 2. The molecule has 3 rings (SSSR count). The first-order valence-corrected chi connectivity index (χ1v) is 12.3. The second-order valence-corrected chi connectivity index (χ2v) is 8.69. The molecule has 3 aromatic rings. The van der Waals surface area contributed by atoms with Crippen molar-refractivity contribution in [1.29, 1.82) is 0 Å². The Morgan fingerprint density at radius 3 is 2.46 bits per heavy atom. The van der Waals surface area contributed by atoms with E-state index in [2.05, 4.69) is 38.4 Å². The van der Waals surface area contributed by atoms with Gasteiger partial charge in [0.1, 0.15) is 12.4 Å². The lowest BCUT2D eigenvalue weighted by atomic mass is 10.2. The van der Waals surface area contributed by atoms with E-state index in [4.69, 9.17) is 14.2 Å². The van der Waals surface area contributed by atoms with Gasteiger partial charge in [0.25, 0.3) is 11.8 Å². The summed E-state index contributed by atoms with van der Waals surface area (Å²) in [5.74, 6) is 0.676. The number of nitrogens with one attached hydrogen (secondary N) is 2. The van der Waals surface area contributed by atoms with Gasteiger partial charge in [0, 0.05) is 21.3 Å². The maximum atomic E-state index is 12.6. The third-order valence-electron chi connectivity index (χ3n) is 4.90. The first-order valence-electron chi connectivity index (χ1n) is 11.5. The summed E-state index contributed by atoms with van der Waals surface area (Å²) in [6.45, 7) is 8.00. The van der Waals surface area contributed by atoms with Crippen LogP contribution in [0.5, 0.6) is 17.2 Å². The Kier molecular flexibility index (Phi) is 10.3. The van der Waals surface area contributed by atoms with Crippen molar-refractivity contribution in [2.75, 3.05) is 25.1 Å². The molecular weight excluding hydrogens is 538 g/mol. The Hall–Kier alpha value is -4.11. The van der Waals surface area contributed by atoms with Gasteiger partial charge in [-0.1, -0.05) is 46.3 Å². The summed E-state index contributed by atoms with van der Waals surface area (Å²) in [5.41, 5.74) is 5.21. The molecule has 37 heavy (non-hydrogen) atoms. The van der Waals surface area contributed by atoms with E-state index in [1.165, 1.54) is 6.21 Å². The summed E-state index contributed by atoms with van der Waals surface area (Å²) in [4.78, 5) is 25.0. The normalized spacial score (nSPS) is 10.6. The summed E-state index contributed by atoms with van der Waals surface area (Å²) in [6.07, 6.45) is 3.07. The molecule has 0 bridgehead atoms. The van der Waals surface area contributed by atoms with Gasteiger partial charge in [-0.2, -0.15) is 5.10 Å². The molecule has 0 saturated heterocycles. The van der Waals surface area contributed by atoms with Gasteiger partial charge >= 0.3 is 0 Å². The fourth-order valence-electron chi connectivity index (χ4n) is 3.14. The number of halogens is 1. The zero-order valence-electron chi connectivity index (χ0n) is 20.6. The molecule has 192 valence electrons. The Labute approximate surface area is 224 Å². The molecule has 0 fully saturated rings. The number of amides is 2. The number of rotatable bonds is 12. The zero-order chi connectivity index (χ0) is 26.6. The van der Waals surface area contributed by atoms with Gasteiger partial charge in [-0.15, -0.1) is 0 Å². The van der Waals surface area contributed by atoms with E-state index in [0.717, 1.165) is 10.0 Å². The number of carbonyl (C=O) groups excluding carboxylic acids is 2. The lowest BCUT2D eigenvalue weighted by molar-refractivity contribution is -0.118. The predicted molar refractivity (Wildman–Crippen MR) is 148 cm³/mol. The third-order valence-corrected chi connectivity index (χ3v) is 5.39.